The average Bonchev–Trinajstić information content (AvgIpc) is 2.54. The first-order valence-electron chi connectivity index (χ1n) is 7.69. The molecule has 3 N–H and O–H groups in total. The maximum atomic E-state index is 12.2. The molecule has 0 spiro atoms. The minimum Gasteiger partial charge on any atom is -0.399 e. The minimum atomic E-state index is -0.617. The van der Waals surface area contributed by atoms with Gasteiger partial charge in [-0.1, -0.05) is 18.2 Å². The first-order valence-corrected chi connectivity index (χ1v) is 7.69. The van der Waals surface area contributed by atoms with Gasteiger partial charge in [-0.25, -0.2) is 0 Å². The van der Waals surface area contributed by atoms with Gasteiger partial charge in [0.15, 0.2) is 0 Å². The third-order valence-corrected chi connectivity index (χ3v) is 3.93. The van der Waals surface area contributed by atoms with Crippen LogP contribution < -0.4 is 11.1 Å². The lowest BCUT2D eigenvalue weighted by molar-refractivity contribution is -0.384. The molecule has 0 bridgehead atoms. The van der Waals surface area contributed by atoms with Gasteiger partial charge in [0.2, 0.25) is 5.91 Å². The van der Waals surface area contributed by atoms with Crippen LogP contribution in [0.25, 0.3) is 0 Å². The van der Waals surface area contributed by atoms with E-state index >= 15 is 0 Å². The van der Waals surface area contributed by atoms with Gasteiger partial charge in [0, 0.05) is 24.2 Å². The SMILES string of the molecule is CC(C)(NC(=O)CCc1ccccc1N)c1ccc([N+](=O)[O-])cc1.Cl. The number of halogens is 1. The van der Waals surface area contributed by atoms with Crippen LogP contribution in [0, 0.1) is 10.1 Å². The van der Waals surface area contributed by atoms with Crippen molar-refractivity contribution >= 4 is 29.7 Å². The fourth-order valence-corrected chi connectivity index (χ4v) is 2.49. The zero-order valence-electron chi connectivity index (χ0n) is 14.2. The second kappa shape index (κ2) is 8.48. The lowest BCUT2D eigenvalue weighted by Crippen LogP contribution is -2.41. The van der Waals surface area contributed by atoms with E-state index in [1.807, 2.05) is 38.1 Å². The summed E-state index contributed by atoms with van der Waals surface area (Å²) in [6, 6.07) is 13.7. The molecule has 0 saturated heterocycles. The summed E-state index contributed by atoms with van der Waals surface area (Å²) in [5, 5.41) is 13.7. The molecular formula is C18H22ClN3O3. The predicted molar refractivity (Wildman–Crippen MR) is 101 cm³/mol. The molecule has 6 nitrogen and oxygen atoms in total. The number of nitrogen functional groups attached to an aromatic ring is 1. The Labute approximate surface area is 153 Å². The Morgan fingerprint density at radius 1 is 1.16 bits per heavy atom. The summed E-state index contributed by atoms with van der Waals surface area (Å²) in [6.07, 6.45) is 0.888. The van der Waals surface area contributed by atoms with E-state index in [-0.39, 0.29) is 24.0 Å². The van der Waals surface area contributed by atoms with E-state index in [4.69, 9.17) is 5.73 Å². The van der Waals surface area contributed by atoms with E-state index < -0.39 is 10.5 Å². The highest BCUT2D eigenvalue weighted by atomic mass is 35.5. The van der Waals surface area contributed by atoms with E-state index in [0.29, 0.717) is 18.5 Å². The molecule has 7 heteroatoms. The number of amides is 1. The summed E-state index contributed by atoms with van der Waals surface area (Å²) in [4.78, 5) is 22.5. The molecule has 0 aliphatic rings. The number of nitro benzene ring substituents is 1. The van der Waals surface area contributed by atoms with Crippen molar-refractivity contribution in [3.05, 3.63) is 69.8 Å². The molecule has 0 aliphatic carbocycles. The number of hydrogen-bond acceptors (Lipinski definition) is 4. The highest BCUT2D eigenvalue weighted by Gasteiger charge is 2.23. The summed E-state index contributed by atoms with van der Waals surface area (Å²) in [7, 11) is 0. The zero-order chi connectivity index (χ0) is 17.7. The van der Waals surface area contributed by atoms with Gasteiger partial charge >= 0.3 is 0 Å². The summed E-state index contributed by atoms with van der Waals surface area (Å²) in [5.41, 5.74) is 7.72. The largest absolute Gasteiger partial charge is 0.399 e. The monoisotopic (exact) mass is 363 g/mol. The van der Waals surface area contributed by atoms with Crippen LogP contribution in [0.15, 0.2) is 48.5 Å². The summed E-state index contributed by atoms with van der Waals surface area (Å²) >= 11 is 0. The third-order valence-electron chi connectivity index (χ3n) is 3.93. The fraction of sp³-hybridized carbons (Fsp3) is 0.278. The zero-order valence-corrected chi connectivity index (χ0v) is 15.0. The number of hydrogen-bond donors (Lipinski definition) is 2. The van der Waals surface area contributed by atoms with E-state index in [1.165, 1.54) is 12.1 Å². The Bertz CT molecular complexity index is 745. The second-order valence-corrected chi connectivity index (χ2v) is 6.18. The average molecular weight is 364 g/mol. The lowest BCUT2D eigenvalue weighted by atomic mass is 9.93. The quantitative estimate of drug-likeness (QED) is 0.465. The minimum absolute atomic E-state index is 0. The Hall–Kier alpha value is -2.60. The summed E-state index contributed by atoms with van der Waals surface area (Å²) in [6.45, 7) is 3.73. The van der Waals surface area contributed by atoms with E-state index in [1.54, 1.807) is 12.1 Å². The third kappa shape index (κ3) is 5.46. The van der Waals surface area contributed by atoms with Crippen molar-refractivity contribution in [2.24, 2.45) is 0 Å². The van der Waals surface area contributed by atoms with Gasteiger partial charge in [-0.2, -0.15) is 0 Å². The van der Waals surface area contributed by atoms with Crippen LogP contribution in [0.3, 0.4) is 0 Å². The molecular weight excluding hydrogens is 342 g/mol. The Morgan fingerprint density at radius 2 is 1.76 bits per heavy atom. The van der Waals surface area contributed by atoms with Crippen LogP contribution in [-0.2, 0) is 16.8 Å². The number of carbonyl (C=O) groups excluding carboxylic acids is 1. The predicted octanol–water partition coefficient (Wildman–Crippen LogP) is 3.58. The standard InChI is InChI=1S/C18H21N3O3.ClH/c1-18(2,14-8-10-15(11-9-14)21(23)24)20-17(22)12-7-13-5-3-4-6-16(13)19;/h3-6,8-11H,7,12,19H2,1-2H3,(H,20,22);1H. The van der Waals surface area contributed by atoms with Gasteiger partial charge in [-0.3, -0.25) is 14.9 Å². The molecule has 0 fully saturated rings. The number of nitrogens with two attached hydrogens (primary N) is 1. The van der Waals surface area contributed by atoms with Crippen LogP contribution in [0.2, 0.25) is 0 Å². The molecule has 134 valence electrons. The maximum absolute atomic E-state index is 12.2. The molecule has 25 heavy (non-hydrogen) atoms. The van der Waals surface area contributed by atoms with Crippen LogP contribution in [-0.4, -0.2) is 10.8 Å². The number of rotatable bonds is 6. The Kier molecular flexibility index (Phi) is 6.94. The fourth-order valence-electron chi connectivity index (χ4n) is 2.49. The number of para-hydroxylation sites is 1. The topological polar surface area (TPSA) is 98.3 Å². The molecule has 0 aromatic heterocycles. The van der Waals surface area contributed by atoms with E-state index in [2.05, 4.69) is 5.32 Å². The normalized spacial score (nSPS) is 10.6. The number of nitrogens with zero attached hydrogens (tertiary/aromatic N) is 1. The summed E-state index contributed by atoms with van der Waals surface area (Å²) < 4.78 is 0. The molecule has 2 rings (SSSR count). The van der Waals surface area contributed by atoms with Gasteiger partial charge in [0.05, 0.1) is 10.5 Å². The lowest BCUT2D eigenvalue weighted by Gasteiger charge is -2.27. The van der Waals surface area contributed by atoms with Gasteiger partial charge in [0.1, 0.15) is 0 Å². The van der Waals surface area contributed by atoms with Crippen molar-refractivity contribution in [3.63, 3.8) is 0 Å². The van der Waals surface area contributed by atoms with Crippen molar-refractivity contribution in [1.29, 1.82) is 0 Å². The van der Waals surface area contributed by atoms with Gasteiger partial charge in [-0.15, -0.1) is 12.4 Å². The first-order chi connectivity index (χ1) is 11.3. The van der Waals surface area contributed by atoms with E-state index in [0.717, 1.165) is 11.1 Å². The molecule has 0 atom stereocenters. The number of non-ortho nitro benzene ring substituents is 1. The van der Waals surface area contributed by atoms with Crippen LogP contribution >= 0.6 is 12.4 Å². The Balaban J connectivity index is 0.00000312. The number of nitrogens with one attached hydrogen (secondary N) is 1. The van der Waals surface area contributed by atoms with Gasteiger partial charge in [0.25, 0.3) is 5.69 Å². The molecule has 0 saturated carbocycles. The smallest absolute Gasteiger partial charge is 0.269 e. The number of carbonyl (C=O) groups is 1. The van der Waals surface area contributed by atoms with Crippen molar-refractivity contribution in [3.8, 4) is 0 Å². The molecule has 0 aliphatic heterocycles. The van der Waals surface area contributed by atoms with Crippen LogP contribution in [0.1, 0.15) is 31.4 Å². The van der Waals surface area contributed by atoms with E-state index in [9.17, 15) is 14.9 Å². The van der Waals surface area contributed by atoms with Crippen molar-refractivity contribution in [2.45, 2.75) is 32.2 Å². The van der Waals surface area contributed by atoms with Gasteiger partial charge < -0.3 is 11.1 Å². The highest BCUT2D eigenvalue weighted by Crippen LogP contribution is 2.23. The van der Waals surface area contributed by atoms with Crippen LogP contribution in [0.5, 0.6) is 0 Å². The number of anilines is 1. The molecule has 0 radical (unpaired) electrons. The first kappa shape index (κ1) is 20.4. The molecule has 2 aromatic carbocycles. The number of benzene rings is 2. The van der Waals surface area contributed by atoms with Crippen molar-refractivity contribution in [1.82, 2.24) is 5.32 Å². The second-order valence-electron chi connectivity index (χ2n) is 6.18. The Morgan fingerprint density at radius 3 is 2.32 bits per heavy atom. The highest BCUT2D eigenvalue weighted by molar-refractivity contribution is 5.85. The van der Waals surface area contributed by atoms with Crippen LogP contribution in [0.4, 0.5) is 11.4 Å². The molecule has 2 aromatic rings. The maximum Gasteiger partial charge on any atom is 0.269 e. The van der Waals surface area contributed by atoms with Gasteiger partial charge in [-0.05, 0) is 49.6 Å². The van der Waals surface area contributed by atoms with Crippen molar-refractivity contribution in [2.75, 3.05) is 5.73 Å². The molecule has 1 amide bonds. The molecule has 0 heterocycles. The number of nitro groups is 1. The number of aryl methyl sites for hydroxylation is 1. The molecule has 0 unspecified atom stereocenters. The van der Waals surface area contributed by atoms with Crippen molar-refractivity contribution < 1.29 is 9.72 Å². The summed E-state index contributed by atoms with van der Waals surface area (Å²) in [5.74, 6) is -0.0957.